The third-order valence-electron chi connectivity index (χ3n) is 0.994. The Kier molecular flexibility index (Phi) is 13.9. The molecule has 0 unspecified atom stereocenters. The second-order valence-electron chi connectivity index (χ2n) is 2.03. The lowest BCUT2D eigenvalue weighted by molar-refractivity contribution is 1.49. The first kappa shape index (κ1) is 14.9. The molecule has 3 heteroatoms. The van der Waals surface area contributed by atoms with Crippen LogP contribution < -0.4 is 0 Å². The minimum absolute atomic E-state index is 0.715. The van der Waals surface area contributed by atoms with Gasteiger partial charge in [-0.3, -0.25) is 0 Å². The van der Waals surface area contributed by atoms with Crippen molar-refractivity contribution in [2.24, 2.45) is 0 Å². The highest BCUT2D eigenvalue weighted by Crippen LogP contribution is 1.93. The van der Waals surface area contributed by atoms with Crippen LogP contribution in [0.3, 0.4) is 0 Å². The summed E-state index contributed by atoms with van der Waals surface area (Å²) in [4.78, 5) is 0. The maximum Gasteiger partial charge on any atom is 0.0991 e. The van der Waals surface area contributed by atoms with Gasteiger partial charge in [0.05, 0.1) is 23.8 Å². The van der Waals surface area contributed by atoms with Gasteiger partial charge in [-0.15, -0.1) is 0 Å². The van der Waals surface area contributed by atoms with Gasteiger partial charge in [-0.05, 0) is 12.1 Å². The van der Waals surface area contributed by atoms with Crippen molar-refractivity contribution >= 4 is 0 Å². The Bertz CT molecular complexity index is 374. The molecule has 1 aromatic rings. The van der Waals surface area contributed by atoms with E-state index in [4.69, 9.17) is 15.8 Å². The monoisotopic (exact) mass is 197 g/mol. The van der Waals surface area contributed by atoms with Crippen LogP contribution >= 0.6 is 0 Å². The number of nitrogens with zero attached hydrogens (tertiary/aromatic N) is 3. The smallest absolute Gasteiger partial charge is 0.0991 e. The van der Waals surface area contributed by atoms with Gasteiger partial charge in [0.25, 0.3) is 0 Å². The average Bonchev–Trinajstić information content (AvgIpc) is 2.31. The summed E-state index contributed by atoms with van der Waals surface area (Å²) in [5.74, 6) is 0. The van der Waals surface area contributed by atoms with Crippen LogP contribution in [0.2, 0.25) is 0 Å². The number of allylic oxidation sites excluding steroid dienone is 1. The van der Waals surface area contributed by atoms with Crippen LogP contribution in [-0.4, -0.2) is 0 Å². The fourth-order valence-electron chi connectivity index (χ4n) is 0.513. The standard InChI is InChI=1S/C7H5N.C3H3N.C2H3N/c8-6-7-4-2-1-3-5-7;1-2-3-4;1-2-3/h1-5H;2H,1H2;1H3. The van der Waals surface area contributed by atoms with E-state index >= 15 is 0 Å². The van der Waals surface area contributed by atoms with Crippen LogP contribution in [0, 0.1) is 34.0 Å². The van der Waals surface area contributed by atoms with E-state index in [0.717, 1.165) is 0 Å². The molecule has 74 valence electrons. The van der Waals surface area contributed by atoms with Crippen molar-refractivity contribution in [3.8, 4) is 18.2 Å². The van der Waals surface area contributed by atoms with Crippen molar-refractivity contribution in [1.82, 2.24) is 0 Å². The SMILES string of the molecule is C=CC#N.CC#N.N#Cc1ccccc1. The van der Waals surface area contributed by atoms with Crippen LogP contribution in [0.5, 0.6) is 0 Å². The Morgan fingerprint density at radius 1 is 1.13 bits per heavy atom. The Morgan fingerprint density at radius 2 is 1.53 bits per heavy atom. The molecule has 0 saturated heterocycles. The third-order valence-corrected chi connectivity index (χ3v) is 0.994. The van der Waals surface area contributed by atoms with Crippen LogP contribution in [-0.2, 0) is 0 Å². The zero-order valence-corrected chi connectivity index (χ0v) is 8.51. The van der Waals surface area contributed by atoms with Crippen molar-refractivity contribution in [1.29, 1.82) is 15.8 Å². The summed E-state index contributed by atoms with van der Waals surface area (Å²) >= 11 is 0. The molecule has 0 aliphatic rings. The van der Waals surface area contributed by atoms with Gasteiger partial charge in [-0.25, -0.2) is 0 Å². The molecule has 0 atom stereocenters. The molecule has 0 radical (unpaired) electrons. The fourth-order valence-corrected chi connectivity index (χ4v) is 0.513. The van der Waals surface area contributed by atoms with Crippen molar-refractivity contribution in [3.63, 3.8) is 0 Å². The summed E-state index contributed by atoms with van der Waals surface area (Å²) in [5, 5.41) is 23.1. The van der Waals surface area contributed by atoms with Crippen LogP contribution in [0.25, 0.3) is 0 Å². The molecule has 0 saturated carbocycles. The lowest BCUT2D eigenvalue weighted by atomic mass is 10.2. The van der Waals surface area contributed by atoms with Gasteiger partial charge in [0.1, 0.15) is 0 Å². The summed E-state index contributed by atoms with van der Waals surface area (Å²) in [6.07, 6.45) is 1.18. The predicted molar refractivity (Wildman–Crippen MR) is 58.3 cm³/mol. The van der Waals surface area contributed by atoms with Crippen LogP contribution in [0.1, 0.15) is 12.5 Å². The van der Waals surface area contributed by atoms with Crippen molar-refractivity contribution in [2.75, 3.05) is 0 Å². The zero-order valence-electron chi connectivity index (χ0n) is 8.51. The molecule has 3 nitrogen and oxygen atoms in total. The molecule has 1 rings (SSSR count). The molecule has 0 bridgehead atoms. The lowest BCUT2D eigenvalue weighted by Crippen LogP contribution is -1.66. The molecule has 0 spiro atoms. The first-order chi connectivity index (χ1) is 7.26. The Morgan fingerprint density at radius 3 is 1.73 bits per heavy atom. The fraction of sp³-hybridized carbons (Fsp3) is 0.0833. The van der Waals surface area contributed by atoms with E-state index in [1.165, 1.54) is 13.0 Å². The molecule has 0 aromatic heterocycles. The van der Waals surface area contributed by atoms with E-state index in [-0.39, 0.29) is 0 Å². The normalized spacial score (nSPS) is 5.73. The zero-order chi connectivity index (χ0) is 11.9. The number of rotatable bonds is 0. The molecule has 0 fully saturated rings. The first-order valence-corrected chi connectivity index (χ1v) is 4.03. The van der Waals surface area contributed by atoms with Crippen LogP contribution in [0.15, 0.2) is 43.0 Å². The Labute approximate surface area is 90.1 Å². The molecule has 0 aliphatic carbocycles. The average molecular weight is 197 g/mol. The maximum absolute atomic E-state index is 8.29. The molecular weight excluding hydrogens is 186 g/mol. The number of hydrogen-bond donors (Lipinski definition) is 0. The number of benzene rings is 1. The molecule has 15 heavy (non-hydrogen) atoms. The third kappa shape index (κ3) is 14.3. The van der Waals surface area contributed by atoms with Gasteiger partial charge in [0.15, 0.2) is 0 Å². The molecular formula is C12H11N3. The molecule has 0 heterocycles. The second kappa shape index (κ2) is 14.0. The highest BCUT2D eigenvalue weighted by Gasteiger charge is 1.79. The number of nitriles is 3. The minimum atomic E-state index is 0.715. The van der Waals surface area contributed by atoms with E-state index in [1.54, 1.807) is 24.3 Å². The first-order valence-electron chi connectivity index (χ1n) is 4.03. The topological polar surface area (TPSA) is 71.4 Å². The van der Waals surface area contributed by atoms with E-state index in [9.17, 15) is 0 Å². The Balaban J connectivity index is 0. The quantitative estimate of drug-likeness (QED) is 0.600. The van der Waals surface area contributed by atoms with E-state index < -0.39 is 0 Å². The summed E-state index contributed by atoms with van der Waals surface area (Å²) in [7, 11) is 0. The minimum Gasteiger partial charge on any atom is -0.199 e. The van der Waals surface area contributed by atoms with E-state index in [2.05, 4.69) is 6.58 Å². The van der Waals surface area contributed by atoms with Gasteiger partial charge in [0, 0.05) is 13.0 Å². The van der Waals surface area contributed by atoms with Crippen molar-refractivity contribution in [3.05, 3.63) is 48.6 Å². The van der Waals surface area contributed by atoms with Gasteiger partial charge in [-0.2, -0.15) is 15.8 Å². The number of hydrogen-bond acceptors (Lipinski definition) is 3. The lowest BCUT2D eigenvalue weighted by Gasteiger charge is -1.80. The Hall–Kier alpha value is -2.57. The molecule has 0 N–H and O–H groups in total. The second-order valence-corrected chi connectivity index (χ2v) is 2.03. The van der Waals surface area contributed by atoms with Gasteiger partial charge in [-0.1, -0.05) is 24.8 Å². The van der Waals surface area contributed by atoms with Crippen molar-refractivity contribution < 1.29 is 0 Å². The highest BCUT2D eigenvalue weighted by atomic mass is 14.2. The van der Waals surface area contributed by atoms with Gasteiger partial charge < -0.3 is 0 Å². The predicted octanol–water partition coefficient (Wildman–Crippen LogP) is 2.78. The molecule has 0 amide bonds. The summed E-state index contributed by atoms with van der Waals surface area (Å²) in [6, 6.07) is 14.6. The maximum atomic E-state index is 8.29. The van der Waals surface area contributed by atoms with Crippen molar-refractivity contribution in [2.45, 2.75) is 6.92 Å². The molecule has 1 aromatic carbocycles. The highest BCUT2D eigenvalue weighted by molar-refractivity contribution is 5.27. The van der Waals surface area contributed by atoms with E-state index in [0.29, 0.717) is 5.56 Å². The molecule has 0 aliphatic heterocycles. The summed E-state index contributed by atoms with van der Waals surface area (Å²) in [5.41, 5.74) is 0.715. The van der Waals surface area contributed by atoms with Gasteiger partial charge >= 0.3 is 0 Å². The largest absolute Gasteiger partial charge is 0.199 e. The summed E-state index contributed by atoms with van der Waals surface area (Å²) in [6.45, 7) is 4.55. The summed E-state index contributed by atoms with van der Waals surface area (Å²) < 4.78 is 0. The van der Waals surface area contributed by atoms with E-state index in [1.807, 2.05) is 24.3 Å². The van der Waals surface area contributed by atoms with Crippen LogP contribution in [0.4, 0.5) is 0 Å². The van der Waals surface area contributed by atoms with Gasteiger partial charge in [0.2, 0.25) is 0 Å².